The monoisotopic (exact) mass is 254 g/mol. The number of carboxylic acids is 1. The third-order valence-electron chi connectivity index (χ3n) is 1.71. The van der Waals surface area contributed by atoms with Crippen LogP contribution in [-0.2, 0) is 0 Å². The molecule has 1 rings (SSSR count). The second-order valence-corrected chi connectivity index (χ2v) is 2.95. The lowest BCUT2D eigenvalue weighted by Gasteiger charge is -2.17. The zero-order valence-corrected chi connectivity index (χ0v) is 8.03. The van der Waals surface area contributed by atoms with E-state index in [0.29, 0.717) is 6.07 Å². The Morgan fingerprint density at radius 3 is 2.41 bits per heavy atom. The van der Waals surface area contributed by atoms with Gasteiger partial charge in [-0.3, -0.25) is 0 Å². The summed E-state index contributed by atoms with van der Waals surface area (Å²) >= 11 is 0. The summed E-state index contributed by atoms with van der Waals surface area (Å²) in [7, 11) is 0. The lowest BCUT2D eigenvalue weighted by molar-refractivity contribution is -0.253. The Balaban J connectivity index is 3.01. The lowest BCUT2D eigenvalue weighted by atomic mass is 10.2. The Labute approximate surface area is 92.1 Å². The number of aromatic hydroxyl groups is 1. The molecule has 1 aromatic rings. The van der Waals surface area contributed by atoms with E-state index >= 15 is 0 Å². The van der Waals surface area contributed by atoms with Gasteiger partial charge >= 0.3 is 18.5 Å². The Morgan fingerprint density at radius 2 is 1.94 bits per heavy atom. The molecule has 0 atom stereocenters. The van der Waals surface area contributed by atoms with Crippen LogP contribution in [0.1, 0.15) is 10.4 Å². The van der Waals surface area contributed by atoms with Gasteiger partial charge in [-0.25, -0.2) is 4.79 Å². The van der Waals surface area contributed by atoms with Crippen molar-refractivity contribution in [3.05, 3.63) is 23.8 Å². The van der Waals surface area contributed by atoms with E-state index in [1.165, 1.54) is 0 Å². The number of rotatable bonds is 4. The van der Waals surface area contributed by atoms with Crippen LogP contribution in [0.2, 0.25) is 0 Å². The average molecular weight is 254 g/mol. The van der Waals surface area contributed by atoms with Gasteiger partial charge in [-0.1, -0.05) is 0 Å². The first-order chi connectivity index (χ1) is 7.74. The third-order valence-corrected chi connectivity index (χ3v) is 1.71. The number of aromatic carboxylic acids is 1. The molecular weight excluding hydrogens is 248 g/mol. The van der Waals surface area contributed by atoms with Crippen molar-refractivity contribution in [3.63, 3.8) is 0 Å². The second-order valence-electron chi connectivity index (χ2n) is 2.95. The molecule has 8 heteroatoms. The van der Waals surface area contributed by atoms with Gasteiger partial charge in [0.05, 0.1) is 0 Å². The van der Waals surface area contributed by atoms with Gasteiger partial charge in [0, 0.05) is 0 Å². The van der Waals surface area contributed by atoms with Gasteiger partial charge in [0.1, 0.15) is 17.1 Å². The molecule has 0 radical (unpaired) electrons. The highest BCUT2D eigenvalue weighted by Gasteiger charge is 2.44. The molecule has 4 nitrogen and oxygen atoms in total. The van der Waals surface area contributed by atoms with Crippen molar-refractivity contribution in [1.82, 2.24) is 0 Å². The molecule has 17 heavy (non-hydrogen) atoms. The van der Waals surface area contributed by atoms with Crippen molar-refractivity contribution in [3.8, 4) is 11.5 Å². The van der Waals surface area contributed by atoms with Gasteiger partial charge in [-0.15, -0.1) is 0 Å². The van der Waals surface area contributed by atoms with Crippen LogP contribution in [0.3, 0.4) is 0 Å². The molecule has 0 unspecified atom stereocenters. The van der Waals surface area contributed by atoms with Gasteiger partial charge in [0.2, 0.25) is 0 Å². The quantitative estimate of drug-likeness (QED) is 0.809. The first-order valence-electron chi connectivity index (χ1n) is 4.15. The SMILES string of the molecule is O=C(O)c1cc(OC(F)(F)C(F)F)ccc1O. The average Bonchev–Trinajstić information content (AvgIpc) is 2.20. The highest BCUT2D eigenvalue weighted by atomic mass is 19.3. The maximum Gasteiger partial charge on any atom is 0.461 e. The van der Waals surface area contributed by atoms with Crippen LogP contribution in [0.5, 0.6) is 11.5 Å². The minimum Gasteiger partial charge on any atom is -0.507 e. The van der Waals surface area contributed by atoms with Crippen molar-refractivity contribution in [2.45, 2.75) is 12.5 Å². The Kier molecular flexibility index (Phi) is 3.45. The molecule has 0 fully saturated rings. The summed E-state index contributed by atoms with van der Waals surface area (Å²) in [6.07, 6.45) is -8.78. The summed E-state index contributed by atoms with van der Waals surface area (Å²) in [5.41, 5.74) is -0.729. The predicted molar refractivity (Wildman–Crippen MR) is 46.6 cm³/mol. The topological polar surface area (TPSA) is 66.8 Å². The van der Waals surface area contributed by atoms with Crippen molar-refractivity contribution in [2.24, 2.45) is 0 Å². The molecule has 0 saturated heterocycles. The van der Waals surface area contributed by atoms with Crippen molar-refractivity contribution < 1.29 is 37.3 Å². The molecule has 0 bridgehead atoms. The third kappa shape index (κ3) is 2.99. The fourth-order valence-corrected chi connectivity index (χ4v) is 0.952. The Hall–Kier alpha value is -1.99. The fraction of sp³-hybridized carbons (Fsp3) is 0.222. The van der Waals surface area contributed by atoms with Gasteiger partial charge in [0.25, 0.3) is 0 Å². The molecule has 0 saturated carbocycles. The smallest absolute Gasteiger partial charge is 0.461 e. The molecule has 0 amide bonds. The summed E-state index contributed by atoms with van der Waals surface area (Å²) in [5, 5.41) is 17.6. The molecular formula is C9H6F4O4. The highest BCUT2D eigenvalue weighted by Crippen LogP contribution is 2.30. The molecule has 0 aliphatic rings. The second kappa shape index (κ2) is 4.48. The van der Waals surface area contributed by atoms with E-state index in [2.05, 4.69) is 4.74 Å². The number of phenols is 1. The molecule has 94 valence electrons. The number of hydrogen-bond acceptors (Lipinski definition) is 3. The number of halogens is 4. The Morgan fingerprint density at radius 1 is 1.35 bits per heavy atom. The van der Waals surface area contributed by atoms with E-state index in [1.807, 2.05) is 0 Å². The van der Waals surface area contributed by atoms with Crippen LogP contribution >= 0.6 is 0 Å². The van der Waals surface area contributed by atoms with Crippen LogP contribution in [-0.4, -0.2) is 28.7 Å². The van der Waals surface area contributed by atoms with E-state index in [1.54, 1.807) is 0 Å². The van der Waals surface area contributed by atoms with Crippen LogP contribution in [0.4, 0.5) is 17.6 Å². The van der Waals surface area contributed by atoms with E-state index in [0.717, 1.165) is 12.1 Å². The van der Waals surface area contributed by atoms with Crippen LogP contribution in [0, 0.1) is 0 Å². The summed E-state index contributed by atoms with van der Waals surface area (Å²) in [6.45, 7) is 0. The summed E-state index contributed by atoms with van der Waals surface area (Å²) < 4.78 is 52.2. The van der Waals surface area contributed by atoms with Gasteiger partial charge in [-0.2, -0.15) is 17.6 Å². The van der Waals surface area contributed by atoms with Gasteiger partial charge in [0.15, 0.2) is 0 Å². The minimum atomic E-state index is -4.73. The van der Waals surface area contributed by atoms with Crippen LogP contribution in [0.25, 0.3) is 0 Å². The number of carboxylic acid groups (broad SMARTS) is 1. The molecule has 0 aliphatic carbocycles. The van der Waals surface area contributed by atoms with E-state index in [4.69, 9.17) is 10.2 Å². The first-order valence-corrected chi connectivity index (χ1v) is 4.15. The molecule has 0 spiro atoms. The zero-order chi connectivity index (χ0) is 13.2. The number of alkyl halides is 4. The van der Waals surface area contributed by atoms with Crippen molar-refractivity contribution in [2.75, 3.05) is 0 Å². The highest BCUT2D eigenvalue weighted by molar-refractivity contribution is 5.91. The number of ether oxygens (including phenoxy) is 1. The van der Waals surface area contributed by atoms with Gasteiger partial charge in [-0.05, 0) is 18.2 Å². The molecule has 2 N–H and O–H groups in total. The van der Waals surface area contributed by atoms with E-state index in [-0.39, 0.29) is 0 Å². The summed E-state index contributed by atoms with van der Waals surface area (Å²) in [5.74, 6) is -3.08. The van der Waals surface area contributed by atoms with E-state index < -0.39 is 35.6 Å². The van der Waals surface area contributed by atoms with Crippen molar-refractivity contribution >= 4 is 5.97 Å². The van der Waals surface area contributed by atoms with Gasteiger partial charge < -0.3 is 14.9 Å². The number of hydrogen-bond donors (Lipinski definition) is 2. The Bertz CT molecular complexity index is 433. The van der Waals surface area contributed by atoms with Crippen LogP contribution < -0.4 is 4.74 Å². The van der Waals surface area contributed by atoms with Crippen LogP contribution in [0.15, 0.2) is 18.2 Å². The number of carbonyl (C=O) groups is 1. The normalized spacial score (nSPS) is 11.6. The molecule has 0 aliphatic heterocycles. The lowest BCUT2D eigenvalue weighted by Crippen LogP contribution is -2.33. The molecule has 1 aromatic carbocycles. The fourth-order valence-electron chi connectivity index (χ4n) is 0.952. The minimum absolute atomic E-state index is 0.522. The van der Waals surface area contributed by atoms with E-state index in [9.17, 15) is 22.4 Å². The first kappa shape index (κ1) is 13.1. The summed E-state index contributed by atoms with van der Waals surface area (Å²) in [4.78, 5) is 10.5. The summed E-state index contributed by atoms with van der Waals surface area (Å²) in [6, 6.07) is 2.02. The largest absolute Gasteiger partial charge is 0.507 e. The predicted octanol–water partition coefficient (Wildman–Crippen LogP) is 2.33. The maximum absolute atomic E-state index is 12.5. The standard InChI is InChI=1S/C9H6F4O4/c10-8(11)9(12,13)17-4-1-2-6(14)5(3-4)7(15)16/h1-3,8,14H,(H,15,16). The molecule has 0 heterocycles. The van der Waals surface area contributed by atoms with Crippen molar-refractivity contribution in [1.29, 1.82) is 0 Å². The number of benzene rings is 1. The molecule has 0 aromatic heterocycles. The maximum atomic E-state index is 12.5. The zero-order valence-electron chi connectivity index (χ0n) is 8.03.